The van der Waals surface area contributed by atoms with Gasteiger partial charge in [-0.15, -0.1) is 0 Å². The summed E-state index contributed by atoms with van der Waals surface area (Å²) in [4.78, 5) is 0.405. The Bertz CT molecular complexity index is 333. The molecular formula is C12H30O6S8Si2. The molecular weight excluding hydrogens is 553 g/mol. The minimum absolute atomic E-state index is 0.203. The SMILES string of the molecule is CCC(SSSSSSSSC(CC)[Si](OC)(OC)OC)[Si](OC)(OC)OC. The quantitative estimate of drug-likeness (QED) is 0.0927. The van der Waals surface area contributed by atoms with E-state index in [1.165, 1.54) is 0 Å². The smallest absolute Gasteiger partial charge is 0.376 e. The molecule has 0 aliphatic rings. The summed E-state index contributed by atoms with van der Waals surface area (Å²) in [7, 11) is 18.7. The van der Waals surface area contributed by atoms with Crippen molar-refractivity contribution in [3.05, 3.63) is 0 Å². The standard InChI is InChI=1S/C12H30O6S8Si2/c1-9-11(27(13-3,14-4)15-5)19-21-23-25-26-24-22-20-12(10-2)28(16-6,17-7)18-8/h11-12H,9-10H2,1-8H3. The molecule has 0 spiro atoms. The molecule has 0 aliphatic heterocycles. The van der Waals surface area contributed by atoms with Gasteiger partial charge < -0.3 is 26.6 Å². The predicted molar refractivity (Wildman–Crippen MR) is 142 cm³/mol. The first-order chi connectivity index (χ1) is 13.5. The van der Waals surface area contributed by atoms with Crippen molar-refractivity contribution in [1.82, 2.24) is 0 Å². The Kier molecular flexibility index (Phi) is 20.4. The lowest BCUT2D eigenvalue weighted by molar-refractivity contribution is 0.121. The third kappa shape index (κ3) is 9.86. The number of hydrogen-bond acceptors (Lipinski definition) is 14. The van der Waals surface area contributed by atoms with Crippen molar-refractivity contribution in [2.45, 2.75) is 36.4 Å². The maximum atomic E-state index is 5.59. The first-order valence-electron chi connectivity index (χ1n) is 8.12. The Hall–Kier alpha value is 2.99. The molecule has 0 aromatic rings. The van der Waals surface area contributed by atoms with Gasteiger partial charge in [0.05, 0.1) is 9.75 Å². The Morgan fingerprint density at radius 3 is 0.964 bits per heavy atom. The number of rotatable bonds is 19. The molecule has 0 heterocycles. The van der Waals surface area contributed by atoms with Gasteiger partial charge in [0, 0.05) is 42.7 Å². The van der Waals surface area contributed by atoms with Gasteiger partial charge in [-0.2, -0.15) is 0 Å². The Morgan fingerprint density at radius 2 is 0.750 bits per heavy atom. The molecule has 0 saturated heterocycles. The van der Waals surface area contributed by atoms with Crippen LogP contribution in [-0.2, 0) is 26.6 Å². The second-order valence-electron chi connectivity index (χ2n) is 4.83. The van der Waals surface area contributed by atoms with E-state index in [-0.39, 0.29) is 9.75 Å². The van der Waals surface area contributed by atoms with E-state index in [9.17, 15) is 0 Å². The van der Waals surface area contributed by atoms with Crippen LogP contribution in [-0.4, -0.2) is 70.0 Å². The average Bonchev–Trinajstić information content (AvgIpc) is 2.75. The summed E-state index contributed by atoms with van der Waals surface area (Å²) in [6.45, 7) is 4.25. The van der Waals surface area contributed by atoms with Gasteiger partial charge in [0.25, 0.3) is 0 Å². The summed E-state index contributed by atoms with van der Waals surface area (Å²) in [6, 6.07) is 0. The van der Waals surface area contributed by atoms with Crippen molar-refractivity contribution in [3.63, 3.8) is 0 Å². The van der Waals surface area contributed by atoms with E-state index in [0.717, 1.165) is 12.8 Å². The van der Waals surface area contributed by atoms with Crippen molar-refractivity contribution in [2.75, 3.05) is 42.7 Å². The van der Waals surface area contributed by atoms with Crippen LogP contribution >= 0.6 is 80.5 Å². The minimum atomic E-state index is -2.61. The fourth-order valence-corrected chi connectivity index (χ4v) is 29.8. The van der Waals surface area contributed by atoms with Crippen molar-refractivity contribution in [3.8, 4) is 0 Å². The Balaban J connectivity index is 4.12. The summed E-state index contributed by atoms with van der Waals surface area (Å²) in [5.41, 5.74) is 0. The van der Waals surface area contributed by atoms with Gasteiger partial charge in [-0.3, -0.25) is 0 Å². The van der Waals surface area contributed by atoms with E-state index in [1.807, 2.05) is 0 Å². The topological polar surface area (TPSA) is 55.4 Å². The molecule has 0 radical (unpaired) electrons. The van der Waals surface area contributed by atoms with Crippen LogP contribution < -0.4 is 0 Å². The molecule has 16 heteroatoms. The molecule has 2 unspecified atom stereocenters. The molecule has 0 rings (SSSR count). The Labute approximate surface area is 202 Å². The molecule has 0 aromatic carbocycles. The molecule has 0 aliphatic carbocycles. The lowest BCUT2D eigenvalue weighted by Crippen LogP contribution is -2.52. The molecule has 170 valence electrons. The molecule has 6 nitrogen and oxygen atoms in total. The van der Waals surface area contributed by atoms with E-state index >= 15 is 0 Å². The van der Waals surface area contributed by atoms with Crippen LogP contribution in [0.3, 0.4) is 0 Å². The largest absolute Gasteiger partial charge is 0.514 e. The predicted octanol–water partition coefficient (Wildman–Crippen LogP) is 6.65. The van der Waals surface area contributed by atoms with E-state index in [4.69, 9.17) is 26.6 Å². The van der Waals surface area contributed by atoms with Gasteiger partial charge in [-0.1, -0.05) is 35.4 Å². The monoisotopic (exact) mass is 582 g/mol. The van der Waals surface area contributed by atoms with E-state index in [2.05, 4.69) is 13.8 Å². The fraction of sp³-hybridized carbons (Fsp3) is 1.00. The summed E-state index contributed by atoms with van der Waals surface area (Å²) < 4.78 is 33.5. The van der Waals surface area contributed by atoms with Crippen LogP contribution in [0.5, 0.6) is 0 Å². The highest BCUT2D eigenvalue weighted by Gasteiger charge is 2.48. The summed E-state index contributed by atoms with van der Waals surface area (Å²) in [5, 5.41) is 0. The van der Waals surface area contributed by atoms with Gasteiger partial charge in [0.15, 0.2) is 0 Å². The number of hydrogen-bond donors (Lipinski definition) is 0. The molecule has 0 bridgehead atoms. The van der Waals surface area contributed by atoms with Crippen molar-refractivity contribution in [2.24, 2.45) is 0 Å². The zero-order chi connectivity index (χ0) is 21.5. The first-order valence-corrected chi connectivity index (χ1v) is 22.0. The van der Waals surface area contributed by atoms with E-state index < -0.39 is 17.6 Å². The van der Waals surface area contributed by atoms with Crippen LogP contribution in [0.2, 0.25) is 0 Å². The van der Waals surface area contributed by atoms with Gasteiger partial charge in [-0.05, 0) is 71.8 Å². The second kappa shape index (κ2) is 18.4. The van der Waals surface area contributed by atoms with E-state index in [1.54, 1.807) is 123 Å². The third-order valence-corrected chi connectivity index (χ3v) is 28.6. The average molecular weight is 583 g/mol. The Morgan fingerprint density at radius 1 is 0.500 bits per heavy atom. The molecule has 28 heavy (non-hydrogen) atoms. The highest BCUT2D eigenvalue weighted by Crippen LogP contribution is 2.59. The van der Waals surface area contributed by atoms with Crippen LogP contribution in [0.25, 0.3) is 0 Å². The summed E-state index contributed by atoms with van der Waals surface area (Å²) in [5.74, 6) is 0. The fourth-order valence-electron chi connectivity index (χ4n) is 2.21. The van der Waals surface area contributed by atoms with Crippen molar-refractivity contribution in [1.29, 1.82) is 0 Å². The second-order valence-corrected chi connectivity index (χ2v) is 25.2. The minimum Gasteiger partial charge on any atom is -0.376 e. The lowest BCUT2D eigenvalue weighted by atomic mass is 10.6. The van der Waals surface area contributed by atoms with E-state index in [0.29, 0.717) is 0 Å². The van der Waals surface area contributed by atoms with Gasteiger partial charge in [-0.25, -0.2) is 0 Å². The zero-order valence-electron chi connectivity index (χ0n) is 17.3. The molecule has 0 aromatic heterocycles. The van der Waals surface area contributed by atoms with Crippen molar-refractivity contribution >= 4 is 98.2 Å². The van der Waals surface area contributed by atoms with Crippen LogP contribution in [0.1, 0.15) is 26.7 Å². The normalized spacial score (nSPS) is 15.0. The van der Waals surface area contributed by atoms with Gasteiger partial charge in [0.2, 0.25) is 0 Å². The third-order valence-electron chi connectivity index (χ3n) is 3.69. The maximum absolute atomic E-state index is 5.59. The van der Waals surface area contributed by atoms with Gasteiger partial charge >= 0.3 is 17.6 Å². The first kappa shape index (κ1) is 31.0. The molecule has 0 amide bonds. The highest BCUT2D eigenvalue weighted by molar-refractivity contribution is 9.48. The van der Waals surface area contributed by atoms with Crippen LogP contribution in [0, 0.1) is 0 Å². The summed E-state index contributed by atoms with van der Waals surface area (Å²) >= 11 is 0. The molecule has 0 saturated carbocycles. The zero-order valence-corrected chi connectivity index (χ0v) is 25.8. The molecule has 2 atom stereocenters. The molecule has 0 fully saturated rings. The highest BCUT2D eigenvalue weighted by atomic mass is 34.0. The molecule has 0 N–H and O–H groups in total. The van der Waals surface area contributed by atoms with Crippen LogP contribution in [0.15, 0.2) is 0 Å². The summed E-state index contributed by atoms with van der Waals surface area (Å²) in [6.07, 6.45) is 1.86. The van der Waals surface area contributed by atoms with Gasteiger partial charge in [0.1, 0.15) is 0 Å². The maximum Gasteiger partial charge on any atom is 0.514 e. The van der Waals surface area contributed by atoms with Crippen LogP contribution in [0.4, 0.5) is 0 Å². The lowest BCUT2D eigenvalue weighted by Gasteiger charge is -2.30. The van der Waals surface area contributed by atoms with Crippen molar-refractivity contribution < 1.29 is 26.6 Å².